The minimum Gasteiger partial charge on any atom is -0.299 e. The Kier molecular flexibility index (Phi) is 7.43. The molecule has 0 saturated heterocycles. The quantitative estimate of drug-likeness (QED) is 0.242. The highest BCUT2D eigenvalue weighted by molar-refractivity contribution is 9.10. The van der Waals surface area contributed by atoms with Crippen LogP contribution < -0.4 is 10.0 Å². The normalized spacial score (nSPS) is 12.4. The Hall–Kier alpha value is -3.44. The van der Waals surface area contributed by atoms with Gasteiger partial charge in [-0.05, 0) is 47.0 Å². The van der Waals surface area contributed by atoms with Crippen LogP contribution in [0.4, 0.5) is 5.13 Å². The van der Waals surface area contributed by atoms with Crippen molar-refractivity contribution < 1.29 is 13.2 Å². The van der Waals surface area contributed by atoms with E-state index >= 15 is 0 Å². The highest BCUT2D eigenvalue weighted by atomic mass is 79.9. The van der Waals surface area contributed by atoms with Crippen molar-refractivity contribution in [1.82, 2.24) is 14.9 Å². The molecule has 0 fully saturated rings. The molecule has 0 radical (unpaired) electrons. The average Bonchev–Trinajstić information content (AvgIpc) is 3.37. The largest absolute Gasteiger partial charge is 0.299 e. The lowest BCUT2D eigenvalue weighted by Crippen LogP contribution is -2.45. The van der Waals surface area contributed by atoms with E-state index in [0.717, 1.165) is 26.4 Å². The van der Waals surface area contributed by atoms with Crippen molar-refractivity contribution in [3.8, 4) is 10.6 Å². The molecule has 10 heteroatoms. The van der Waals surface area contributed by atoms with Crippen LogP contribution in [0.15, 0.2) is 106 Å². The van der Waals surface area contributed by atoms with E-state index in [2.05, 4.69) is 36.2 Å². The summed E-state index contributed by atoms with van der Waals surface area (Å²) in [7, 11) is -4.00. The highest BCUT2D eigenvalue weighted by Gasteiger charge is 2.27. The van der Waals surface area contributed by atoms with Crippen LogP contribution >= 0.6 is 27.3 Å². The van der Waals surface area contributed by atoms with Gasteiger partial charge in [-0.1, -0.05) is 100 Å². The maximum atomic E-state index is 13.3. The van der Waals surface area contributed by atoms with E-state index in [1.807, 2.05) is 78.9 Å². The molecule has 0 aliphatic heterocycles. The molecule has 37 heavy (non-hydrogen) atoms. The summed E-state index contributed by atoms with van der Waals surface area (Å²) in [4.78, 5) is 13.4. The van der Waals surface area contributed by atoms with E-state index in [4.69, 9.17) is 0 Å². The molecule has 0 aliphatic rings. The lowest BCUT2D eigenvalue weighted by atomic mass is 10.1. The first-order valence-corrected chi connectivity index (χ1v) is 14.4. The van der Waals surface area contributed by atoms with E-state index < -0.39 is 22.0 Å². The third-order valence-corrected chi connectivity index (χ3v) is 8.50. The zero-order chi connectivity index (χ0) is 25.8. The van der Waals surface area contributed by atoms with Crippen LogP contribution in [0.25, 0.3) is 21.3 Å². The Bertz CT molecular complexity index is 1670. The smallest absolute Gasteiger partial charge is 0.244 e. The van der Waals surface area contributed by atoms with Crippen LogP contribution in [-0.4, -0.2) is 30.6 Å². The summed E-state index contributed by atoms with van der Waals surface area (Å²) in [5, 5.41) is 13.6. The number of aromatic nitrogens is 2. The fraction of sp³-hybridized carbons (Fsp3) is 0.0741. The molecule has 4 aromatic carbocycles. The van der Waals surface area contributed by atoms with Gasteiger partial charge in [0.2, 0.25) is 21.1 Å². The molecule has 0 bridgehead atoms. The summed E-state index contributed by atoms with van der Waals surface area (Å²) >= 11 is 4.65. The van der Waals surface area contributed by atoms with Crippen molar-refractivity contribution in [3.05, 3.63) is 107 Å². The maximum absolute atomic E-state index is 13.3. The number of carbonyl (C=O) groups excluding carboxylic acids is 1. The SMILES string of the molecule is O=C(Nc1nnc(-c2cccc(Br)c2)s1)C(Cc1ccccc1)NS(=O)(=O)c1ccc2ccccc2c1. The van der Waals surface area contributed by atoms with Gasteiger partial charge in [0, 0.05) is 10.0 Å². The summed E-state index contributed by atoms with van der Waals surface area (Å²) in [6.45, 7) is 0. The van der Waals surface area contributed by atoms with Gasteiger partial charge in [-0.2, -0.15) is 4.72 Å². The van der Waals surface area contributed by atoms with Gasteiger partial charge in [0.1, 0.15) is 11.0 Å². The Labute approximate surface area is 226 Å². The molecule has 1 unspecified atom stereocenters. The maximum Gasteiger partial charge on any atom is 0.244 e. The van der Waals surface area contributed by atoms with E-state index in [1.165, 1.54) is 17.4 Å². The minimum absolute atomic E-state index is 0.0879. The first-order valence-electron chi connectivity index (χ1n) is 11.3. The second-order valence-electron chi connectivity index (χ2n) is 8.28. The van der Waals surface area contributed by atoms with Gasteiger partial charge >= 0.3 is 0 Å². The Balaban J connectivity index is 1.40. The number of anilines is 1. The molecule has 1 heterocycles. The number of amides is 1. The predicted octanol–water partition coefficient (Wildman–Crippen LogP) is 5.65. The van der Waals surface area contributed by atoms with E-state index in [0.29, 0.717) is 5.01 Å². The van der Waals surface area contributed by atoms with Gasteiger partial charge < -0.3 is 0 Å². The summed E-state index contributed by atoms with van der Waals surface area (Å²) in [6, 6.07) is 28.2. The lowest BCUT2D eigenvalue weighted by molar-refractivity contribution is -0.117. The molecule has 2 N–H and O–H groups in total. The number of nitrogens with zero attached hydrogens (tertiary/aromatic N) is 2. The number of halogens is 1. The summed E-state index contributed by atoms with van der Waals surface area (Å²) in [5.41, 5.74) is 1.67. The topological polar surface area (TPSA) is 101 Å². The molecular weight excluding hydrogens is 572 g/mol. The number of hydrogen-bond acceptors (Lipinski definition) is 6. The van der Waals surface area contributed by atoms with Gasteiger partial charge in [0.05, 0.1) is 4.90 Å². The molecule has 1 aromatic heterocycles. The molecule has 7 nitrogen and oxygen atoms in total. The second-order valence-corrected chi connectivity index (χ2v) is 11.9. The third-order valence-electron chi connectivity index (χ3n) is 5.65. The fourth-order valence-electron chi connectivity index (χ4n) is 3.83. The highest BCUT2D eigenvalue weighted by Crippen LogP contribution is 2.28. The standard InChI is InChI=1S/C27H21BrN4O3S2/c28-22-12-6-11-21(16-22)26-30-31-27(36-26)29-25(33)24(15-18-7-2-1-3-8-18)32-37(34,35)23-14-13-19-9-4-5-10-20(19)17-23/h1-14,16-17,24,32H,15H2,(H,29,31,33). The Morgan fingerprint density at radius 3 is 2.41 bits per heavy atom. The molecule has 0 saturated carbocycles. The van der Waals surface area contributed by atoms with Gasteiger partial charge in [-0.3, -0.25) is 10.1 Å². The molecule has 0 aliphatic carbocycles. The van der Waals surface area contributed by atoms with Crippen LogP contribution in [0.5, 0.6) is 0 Å². The van der Waals surface area contributed by atoms with Crippen LogP contribution in [0.1, 0.15) is 5.56 Å². The van der Waals surface area contributed by atoms with Crippen molar-refractivity contribution in [3.63, 3.8) is 0 Å². The monoisotopic (exact) mass is 592 g/mol. The van der Waals surface area contributed by atoms with Crippen molar-refractivity contribution in [2.24, 2.45) is 0 Å². The summed E-state index contributed by atoms with van der Waals surface area (Å²) in [6.07, 6.45) is 0.163. The van der Waals surface area contributed by atoms with E-state index in [9.17, 15) is 13.2 Å². The van der Waals surface area contributed by atoms with Gasteiger partial charge in [-0.25, -0.2) is 8.42 Å². The average molecular weight is 594 g/mol. The molecular formula is C27H21BrN4O3S2. The van der Waals surface area contributed by atoms with Crippen molar-refractivity contribution in [2.75, 3.05) is 5.32 Å². The van der Waals surface area contributed by atoms with Crippen molar-refractivity contribution >= 4 is 59.1 Å². The zero-order valence-electron chi connectivity index (χ0n) is 19.3. The zero-order valence-corrected chi connectivity index (χ0v) is 22.6. The van der Waals surface area contributed by atoms with E-state index in [-0.39, 0.29) is 16.4 Å². The second kappa shape index (κ2) is 10.9. The van der Waals surface area contributed by atoms with Crippen LogP contribution in [0, 0.1) is 0 Å². The Morgan fingerprint density at radius 2 is 1.62 bits per heavy atom. The number of carbonyl (C=O) groups is 1. The van der Waals surface area contributed by atoms with E-state index in [1.54, 1.807) is 12.1 Å². The first-order chi connectivity index (χ1) is 17.9. The number of benzene rings is 4. The van der Waals surface area contributed by atoms with Crippen LogP contribution in [0.3, 0.4) is 0 Å². The Morgan fingerprint density at radius 1 is 0.865 bits per heavy atom. The third kappa shape index (κ3) is 6.11. The van der Waals surface area contributed by atoms with Crippen molar-refractivity contribution in [2.45, 2.75) is 17.4 Å². The fourth-order valence-corrected chi connectivity index (χ4v) is 6.20. The molecule has 186 valence electrons. The summed E-state index contributed by atoms with van der Waals surface area (Å²) in [5.74, 6) is -0.523. The molecule has 5 rings (SSSR count). The number of rotatable bonds is 8. The predicted molar refractivity (Wildman–Crippen MR) is 150 cm³/mol. The van der Waals surface area contributed by atoms with Crippen LogP contribution in [0.2, 0.25) is 0 Å². The van der Waals surface area contributed by atoms with Gasteiger partial charge in [0.25, 0.3) is 0 Å². The summed E-state index contributed by atoms with van der Waals surface area (Å²) < 4.78 is 30.2. The molecule has 5 aromatic rings. The van der Waals surface area contributed by atoms with Crippen LogP contribution in [-0.2, 0) is 21.2 Å². The molecule has 1 atom stereocenters. The lowest BCUT2D eigenvalue weighted by Gasteiger charge is -2.18. The molecule has 1 amide bonds. The number of fused-ring (bicyclic) bond motifs is 1. The number of sulfonamides is 1. The van der Waals surface area contributed by atoms with Gasteiger partial charge in [-0.15, -0.1) is 10.2 Å². The number of hydrogen-bond donors (Lipinski definition) is 2. The minimum atomic E-state index is -4.00. The number of nitrogens with one attached hydrogen (secondary N) is 2. The molecule has 0 spiro atoms. The van der Waals surface area contributed by atoms with Crippen molar-refractivity contribution in [1.29, 1.82) is 0 Å². The first kappa shape index (κ1) is 25.2. The van der Waals surface area contributed by atoms with Gasteiger partial charge in [0.15, 0.2) is 0 Å².